The molecular weight excluding hydrogens is 220 g/mol. The van der Waals surface area contributed by atoms with E-state index in [1.165, 1.54) is 42.6 Å². The van der Waals surface area contributed by atoms with E-state index < -0.39 is 0 Å². The van der Waals surface area contributed by atoms with Gasteiger partial charge in [-0.25, -0.2) is 0 Å². The van der Waals surface area contributed by atoms with Crippen LogP contribution in [0.3, 0.4) is 0 Å². The molecule has 3 heteroatoms. The fraction of sp³-hybridized carbons (Fsp3) is 0.769. The van der Waals surface area contributed by atoms with E-state index in [1.54, 1.807) is 0 Å². The Hall–Kier alpha value is -0.500. The SMILES string of the molecule is CC(C)c1n[nH]c(C2CCCC2)c1CCCl. The van der Waals surface area contributed by atoms with Crippen LogP contribution in [0.4, 0.5) is 0 Å². The summed E-state index contributed by atoms with van der Waals surface area (Å²) in [5, 5.41) is 7.77. The molecule has 1 aromatic heterocycles. The first kappa shape index (κ1) is 12.0. The number of H-pyrrole nitrogens is 1. The minimum Gasteiger partial charge on any atom is -0.282 e. The van der Waals surface area contributed by atoms with Gasteiger partial charge in [-0.1, -0.05) is 26.7 Å². The molecule has 16 heavy (non-hydrogen) atoms. The number of nitrogens with zero attached hydrogens (tertiary/aromatic N) is 1. The summed E-state index contributed by atoms with van der Waals surface area (Å²) >= 11 is 5.91. The van der Waals surface area contributed by atoms with Gasteiger partial charge >= 0.3 is 0 Å². The third-order valence-corrected chi connectivity index (χ3v) is 3.77. The van der Waals surface area contributed by atoms with Gasteiger partial charge in [0.2, 0.25) is 0 Å². The second-order valence-electron chi connectivity index (χ2n) is 5.08. The molecule has 90 valence electrons. The van der Waals surface area contributed by atoms with Crippen molar-refractivity contribution in [3.63, 3.8) is 0 Å². The van der Waals surface area contributed by atoms with Crippen LogP contribution >= 0.6 is 11.6 Å². The van der Waals surface area contributed by atoms with Gasteiger partial charge < -0.3 is 0 Å². The third-order valence-electron chi connectivity index (χ3n) is 3.59. The van der Waals surface area contributed by atoms with Gasteiger partial charge in [-0.05, 0) is 30.7 Å². The van der Waals surface area contributed by atoms with E-state index in [0.29, 0.717) is 17.7 Å². The van der Waals surface area contributed by atoms with Gasteiger partial charge in [0.1, 0.15) is 0 Å². The Kier molecular flexibility index (Phi) is 3.91. The Balaban J connectivity index is 2.29. The molecule has 2 nitrogen and oxygen atoms in total. The standard InChI is InChI=1S/C13H21ClN2/c1-9(2)12-11(7-8-14)13(16-15-12)10-5-3-4-6-10/h9-10H,3-8H2,1-2H3,(H,15,16). The lowest BCUT2D eigenvalue weighted by Crippen LogP contribution is -2.01. The quantitative estimate of drug-likeness (QED) is 0.793. The van der Waals surface area contributed by atoms with Crippen molar-refractivity contribution in [2.24, 2.45) is 0 Å². The Bertz CT molecular complexity index is 338. The number of rotatable bonds is 4. The molecule has 0 unspecified atom stereocenters. The van der Waals surface area contributed by atoms with Crippen LogP contribution in [0.25, 0.3) is 0 Å². The fourth-order valence-electron chi connectivity index (χ4n) is 2.78. The molecule has 0 spiro atoms. The molecule has 2 rings (SSSR count). The highest BCUT2D eigenvalue weighted by atomic mass is 35.5. The zero-order valence-electron chi connectivity index (χ0n) is 10.2. The number of hydrogen-bond acceptors (Lipinski definition) is 1. The van der Waals surface area contributed by atoms with Crippen molar-refractivity contribution in [2.45, 2.75) is 57.8 Å². The van der Waals surface area contributed by atoms with Gasteiger partial charge in [0.25, 0.3) is 0 Å². The van der Waals surface area contributed by atoms with Crippen molar-refractivity contribution < 1.29 is 0 Å². The van der Waals surface area contributed by atoms with Crippen LogP contribution in [0.2, 0.25) is 0 Å². The van der Waals surface area contributed by atoms with Crippen LogP contribution in [-0.2, 0) is 6.42 Å². The van der Waals surface area contributed by atoms with Gasteiger partial charge in [0, 0.05) is 17.5 Å². The van der Waals surface area contributed by atoms with E-state index in [2.05, 4.69) is 24.0 Å². The average Bonchev–Trinajstić information content (AvgIpc) is 2.84. The topological polar surface area (TPSA) is 28.7 Å². The highest BCUT2D eigenvalue weighted by Crippen LogP contribution is 2.36. The molecule has 0 radical (unpaired) electrons. The van der Waals surface area contributed by atoms with Crippen LogP contribution in [0.15, 0.2) is 0 Å². The maximum Gasteiger partial charge on any atom is 0.0682 e. The lowest BCUT2D eigenvalue weighted by molar-refractivity contribution is 0.685. The van der Waals surface area contributed by atoms with Crippen molar-refractivity contribution in [3.8, 4) is 0 Å². The summed E-state index contributed by atoms with van der Waals surface area (Å²) < 4.78 is 0. The Labute approximate surface area is 103 Å². The van der Waals surface area contributed by atoms with Crippen molar-refractivity contribution >= 4 is 11.6 Å². The first-order valence-electron chi connectivity index (χ1n) is 6.37. The number of aromatic amines is 1. The average molecular weight is 241 g/mol. The first-order chi connectivity index (χ1) is 7.74. The summed E-state index contributed by atoms with van der Waals surface area (Å²) in [5.41, 5.74) is 4.00. The van der Waals surface area contributed by atoms with E-state index >= 15 is 0 Å². The van der Waals surface area contributed by atoms with Crippen LogP contribution in [-0.4, -0.2) is 16.1 Å². The number of halogens is 1. The number of hydrogen-bond donors (Lipinski definition) is 1. The van der Waals surface area contributed by atoms with Crippen molar-refractivity contribution in [3.05, 3.63) is 17.0 Å². The molecule has 1 saturated carbocycles. The normalized spacial score (nSPS) is 17.5. The molecule has 1 aliphatic rings. The van der Waals surface area contributed by atoms with E-state index in [4.69, 9.17) is 11.6 Å². The summed E-state index contributed by atoms with van der Waals surface area (Å²) in [4.78, 5) is 0. The lowest BCUT2D eigenvalue weighted by Gasteiger charge is -2.11. The van der Waals surface area contributed by atoms with E-state index in [9.17, 15) is 0 Å². The van der Waals surface area contributed by atoms with Crippen LogP contribution in [0.1, 0.15) is 68.3 Å². The largest absolute Gasteiger partial charge is 0.282 e. The Morgan fingerprint density at radius 2 is 2.06 bits per heavy atom. The highest BCUT2D eigenvalue weighted by molar-refractivity contribution is 6.18. The van der Waals surface area contributed by atoms with Crippen molar-refractivity contribution in [1.29, 1.82) is 0 Å². The van der Waals surface area contributed by atoms with E-state index in [1.807, 2.05) is 0 Å². The fourth-order valence-corrected chi connectivity index (χ4v) is 2.97. The zero-order valence-corrected chi connectivity index (χ0v) is 11.0. The van der Waals surface area contributed by atoms with Crippen LogP contribution in [0, 0.1) is 0 Å². The summed E-state index contributed by atoms with van der Waals surface area (Å²) in [7, 11) is 0. The van der Waals surface area contributed by atoms with Gasteiger partial charge in [-0.2, -0.15) is 5.10 Å². The minimum absolute atomic E-state index is 0.490. The third kappa shape index (κ3) is 2.27. The maximum atomic E-state index is 5.91. The monoisotopic (exact) mass is 240 g/mol. The smallest absolute Gasteiger partial charge is 0.0682 e. The zero-order chi connectivity index (χ0) is 11.5. The molecule has 0 atom stereocenters. The molecule has 0 saturated heterocycles. The predicted molar refractivity (Wildman–Crippen MR) is 68.3 cm³/mol. The molecule has 0 bridgehead atoms. The molecule has 1 heterocycles. The molecule has 0 amide bonds. The number of nitrogens with one attached hydrogen (secondary N) is 1. The summed E-state index contributed by atoms with van der Waals surface area (Å²) in [6.07, 6.45) is 6.31. The van der Waals surface area contributed by atoms with Gasteiger partial charge in [-0.15, -0.1) is 11.6 Å². The molecule has 1 fully saturated rings. The van der Waals surface area contributed by atoms with Crippen molar-refractivity contribution in [1.82, 2.24) is 10.2 Å². The van der Waals surface area contributed by atoms with E-state index in [-0.39, 0.29) is 0 Å². The first-order valence-corrected chi connectivity index (χ1v) is 6.90. The lowest BCUT2D eigenvalue weighted by atomic mass is 9.94. The second-order valence-corrected chi connectivity index (χ2v) is 5.45. The van der Waals surface area contributed by atoms with Gasteiger partial charge in [0.05, 0.1) is 5.69 Å². The summed E-state index contributed by atoms with van der Waals surface area (Å²) in [5.74, 6) is 1.89. The molecule has 1 aromatic rings. The number of aromatic nitrogens is 2. The Morgan fingerprint density at radius 1 is 1.38 bits per heavy atom. The molecular formula is C13H21ClN2. The van der Waals surface area contributed by atoms with Gasteiger partial charge in [0.15, 0.2) is 0 Å². The van der Waals surface area contributed by atoms with Crippen LogP contribution < -0.4 is 0 Å². The highest BCUT2D eigenvalue weighted by Gasteiger charge is 2.24. The predicted octanol–water partition coefficient (Wildman–Crippen LogP) is 3.97. The van der Waals surface area contributed by atoms with Crippen molar-refractivity contribution in [2.75, 3.05) is 5.88 Å². The molecule has 0 aliphatic heterocycles. The minimum atomic E-state index is 0.490. The van der Waals surface area contributed by atoms with E-state index in [0.717, 1.165) is 6.42 Å². The molecule has 0 aromatic carbocycles. The van der Waals surface area contributed by atoms with Crippen LogP contribution in [0.5, 0.6) is 0 Å². The summed E-state index contributed by atoms with van der Waals surface area (Å²) in [6, 6.07) is 0. The Morgan fingerprint density at radius 3 is 2.62 bits per heavy atom. The molecule has 1 aliphatic carbocycles. The number of alkyl halides is 1. The maximum absolute atomic E-state index is 5.91. The molecule has 1 N–H and O–H groups in total. The van der Waals surface area contributed by atoms with Gasteiger partial charge in [-0.3, -0.25) is 5.10 Å². The second kappa shape index (κ2) is 5.22. The summed E-state index contributed by atoms with van der Waals surface area (Å²) in [6.45, 7) is 4.40.